The lowest BCUT2D eigenvalue weighted by Gasteiger charge is -2.13. The van der Waals surface area contributed by atoms with Crippen molar-refractivity contribution in [3.63, 3.8) is 0 Å². The molecule has 1 aliphatic rings. The summed E-state index contributed by atoms with van der Waals surface area (Å²) in [5.41, 5.74) is 0. The van der Waals surface area contributed by atoms with E-state index in [1.54, 1.807) is 7.05 Å². The molecule has 0 saturated carbocycles. The normalized spacial score (nSPS) is 15.2. The van der Waals surface area contributed by atoms with Gasteiger partial charge in [0.15, 0.2) is 6.19 Å². The van der Waals surface area contributed by atoms with Gasteiger partial charge in [0.1, 0.15) is 6.54 Å². The Labute approximate surface area is 92.6 Å². The molecule has 86 valence electrons. The highest BCUT2D eigenvalue weighted by atomic mass is 16.2. The standard InChI is InChI=1S/C9H12N4O3/c1-12-5-8(15)13(9(12)16)4-2-3-7(14)11-6-10/h2-5H2,1H3,(H,11,14). The number of hydrogen-bond acceptors (Lipinski definition) is 4. The lowest BCUT2D eigenvalue weighted by molar-refractivity contribution is -0.126. The largest absolute Gasteiger partial charge is 0.326 e. The second-order valence-electron chi connectivity index (χ2n) is 3.45. The van der Waals surface area contributed by atoms with E-state index >= 15 is 0 Å². The SMILES string of the molecule is CN1CC(=O)N(CCCC(=O)NC#N)C1=O. The fourth-order valence-corrected chi connectivity index (χ4v) is 1.41. The van der Waals surface area contributed by atoms with Gasteiger partial charge >= 0.3 is 6.03 Å². The number of imide groups is 1. The molecule has 0 aromatic heterocycles. The zero-order valence-electron chi connectivity index (χ0n) is 8.89. The van der Waals surface area contributed by atoms with Crippen molar-refractivity contribution in [2.75, 3.05) is 20.1 Å². The Hall–Kier alpha value is -2.10. The maximum absolute atomic E-state index is 11.4. The Balaban J connectivity index is 2.34. The number of nitrogens with zero attached hydrogens (tertiary/aromatic N) is 3. The number of rotatable bonds is 4. The average Bonchev–Trinajstić information content (AvgIpc) is 2.45. The van der Waals surface area contributed by atoms with Crippen LogP contribution in [0.5, 0.6) is 0 Å². The van der Waals surface area contributed by atoms with Crippen LogP contribution in [0.4, 0.5) is 4.79 Å². The number of amides is 4. The van der Waals surface area contributed by atoms with E-state index in [9.17, 15) is 14.4 Å². The number of carbonyl (C=O) groups excluding carboxylic acids is 3. The molecule has 1 saturated heterocycles. The van der Waals surface area contributed by atoms with Gasteiger partial charge in [-0.3, -0.25) is 19.8 Å². The van der Waals surface area contributed by atoms with Gasteiger partial charge in [0.25, 0.3) is 0 Å². The number of likely N-dealkylation sites (N-methyl/N-ethyl adjacent to an activating group) is 1. The third kappa shape index (κ3) is 2.70. The van der Waals surface area contributed by atoms with E-state index in [2.05, 4.69) is 0 Å². The molecule has 7 nitrogen and oxygen atoms in total. The van der Waals surface area contributed by atoms with Crippen LogP contribution in [-0.2, 0) is 9.59 Å². The highest BCUT2D eigenvalue weighted by molar-refractivity contribution is 6.01. The van der Waals surface area contributed by atoms with Gasteiger partial charge in [0.2, 0.25) is 11.8 Å². The van der Waals surface area contributed by atoms with Crippen molar-refractivity contribution >= 4 is 17.8 Å². The molecule has 0 spiro atoms. The summed E-state index contributed by atoms with van der Waals surface area (Å²) in [6, 6.07) is -0.342. The van der Waals surface area contributed by atoms with E-state index in [1.165, 1.54) is 11.1 Å². The molecule has 7 heteroatoms. The topological polar surface area (TPSA) is 93.5 Å². The molecule has 0 bridgehead atoms. The Kier molecular flexibility index (Phi) is 3.83. The molecule has 1 heterocycles. The van der Waals surface area contributed by atoms with Gasteiger partial charge < -0.3 is 4.90 Å². The van der Waals surface area contributed by atoms with E-state index in [4.69, 9.17) is 5.26 Å². The maximum atomic E-state index is 11.4. The quantitative estimate of drug-likeness (QED) is 0.386. The van der Waals surface area contributed by atoms with Crippen LogP contribution in [0.15, 0.2) is 0 Å². The number of urea groups is 1. The summed E-state index contributed by atoms with van der Waals surface area (Å²) >= 11 is 0. The molecule has 0 aliphatic carbocycles. The van der Waals surface area contributed by atoms with Crippen molar-refractivity contribution in [2.24, 2.45) is 0 Å². The second kappa shape index (κ2) is 5.11. The van der Waals surface area contributed by atoms with Gasteiger partial charge in [-0.15, -0.1) is 0 Å². The summed E-state index contributed by atoms with van der Waals surface area (Å²) < 4.78 is 0. The molecule has 16 heavy (non-hydrogen) atoms. The molecular formula is C9H12N4O3. The van der Waals surface area contributed by atoms with Gasteiger partial charge in [-0.25, -0.2) is 4.79 Å². The van der Waals surface area contributed by atoms with Crippen LogP contribution in [0, 0.1) is 11.5 Å². The molecule has 0 radical (unpaired) electrons. The van der Waals surface area contributed by atoms with Crippen LogP contribution in [-0.4, -0.2) is 47.8 Å². The second-order valence-corrected chi connectivity index (χ2v) is 3.45. The Bertz CT molecular complexity index is 360. The monoisotopic (exact) mass is 224 g/mol. The zero-order valence-corrected chi connectivity index (χ0v) is 8.89. The summed E-state index contributed by atoms with van der Waals surface area (Å²) in [5, 5.41) is 10.1. The fraction of sp³-hybridized carbons (Fsp3) is 0.556. The molecule has 1 aliphatic heterocycles. The minimum absolute atomic E-state index is 0.0865. The van der Waals surface area contributed by atoms with Crippen LogP contribution >= 0.6 is 0 Å². The first kappa shape index (κ1) is 12.0. The summed E-state index contributed by atoms with van der Waals surface area (Å²) in [6.07, 6.45) is 1.99. The Morgan fingerprint density at radius 2 is 2.25 bits per heavy atom. The molecule has 1 N–H and O–H groups in total. The summed E-state index contributed by atoms with van der Waals surface area (Å²) in [6.45, 7) is 0.296. The van der Waals surface area contributed by atoms with Gasteiger partial charge in [-0.05, 0) is 6.42 Å². The first-order valence-electron chi connectivity index (χ1n) is 4.79. The number of hydrogen-bond donors (Lipinski definition) is 1. The van der Waals surface area contributed by atoms with Crippen molar-refractivity contribution in [3.8, 4) is 6.19 Å². The minimum atomic E-state index is -0.407. The van der Waals surface area contributed by atoms with E-state index in [0.717, 1.165) is 4.90 Å². The third-order valence-electron chi connectivity index (χ3n) is 2.21. The van der Waals surface area contributed by atoms with Crippen LogP contribution in [0.3, 0.4) is 0 Å². The molecule has 0 unspecified atom stereocenters. The van der Waals surface area contributed by atoms with E-state index in [1.807, 2.05) is 5.32 Å². The van der Waals surface area contributed by atoms with Gasteiger partial charge in [0.05, 0.1) is 0 Å². The summed E-state index contributed by atoms with van der Waals surface area (Å²) in [5.74, 6) is -0.664. The molecule has 1 fully saturated rings. The molecule has 4 amide bonds. The molecule has 0 aromatic rings. The van der Waals surface area contributed by atoms with Crippen molar-refractivity contribution < 1.29 is 14.4 Å². The molecule has 0 aromatic carbocycles. The predicted molar refractivity (Wildman–Crippen MR) is 52.7 cm³/mol. The van der Waals surface area contributed by atoms with E-state index < -0.39 is 5.91 Å². The van der Waals surface area contributed by atoms with Crippen molar-refractivity contribution in [3.05, 3.63) is 0 Å². The van der Waals surface area contributed by atoms with Crippen LogP contribution in [0.1, 0.15) is 12.8 Å². The van der Waals surface area contributed by atoms with Crippen LogP contribution < -0.4 is 5.32 Å². The summed E-state index contributed by atoms with van der Waals surface area (Å²) in [7, 11) is 1.54. The minimum Gasteiger partial charge on any atom is -0.318 e. The maximum Gasteiger partial charge on any atom is 0.326 e. The lowest BCUT2D eigenvalue weighted by Crippen LogP contribution is -2.33. The third-order valence-corrected chi connectivity index (χ3v) is 2.21. The number of carbonyl (C=O) groups is 3. The number of nitriles is 1. The molecule has 1 rings (SSSR count). The zero-order chi connectivity index (χ0) is 12.1. The smallest absolute Gasteiger partial charge is 0.318 e. The van der Waals surface area contributed by atoms with Gasteiger partial charge in [-0.1, -0.05) is 0 Å². The highest BCUT2D eigenvalue weighted by Gasteiger charge is 2.32. The van der Waals surface area contributed by atoms with Crippen LogP contribution in [0.2, 0.25) is 0 Å². The van der Waals surface area contributed by atoms with Crippen molar-refractivity contribution in [1.29, 1.82) is 5.26 Å². The van der Waals surface area contributed by atoms with Gasteiger partial charge in [-0.2, -0.15) is 5.26 Å². The van der Waals surface area contributed by atoms with E-state index in [0.29, 0.717) is 6.42 Å². The fourth-order valence-electron chi connectivity index (χ4n) is 1.41. The van der Waals surface area contributed by atoms with Crippen LogP contribution in [0.25, 0.3) is 0 Å². The van der Waals surface area contributed by atoms with Crippen molar-refractivity contribution in [1.82, 2.24) is 15.1 Å². The Morgan fingerprint density at radius 1 is 1.56 bits per heavy atom. The highest BCUT2D eigenvalue weighted by Crippen LogP contribution is 2.08. The first-order valence-corrected chi connectivity index (χ1v) is 4.79. The van der Waals surface area contributed by atoms with E-state index in [-0.39, 0.29) is 31.4 Å². The number of nitrogens with one attached hydrogen (secondary N) is 1. The Morgan fingerprint density at radius 3 is 2.75 bits per heavy atom. The molecule has 0 atom stereocenters. The lowest BCUT2D eigenvalue weighted by atomic mass is 10.3. The average molecular weight is 224 g/mol. The molecular weight excluding hydrogens is 212 g/mol. The van der Waals surface area contributed by atoms with Crippen molar-refractivity contribution in [2.45, 2.75) is 12.8 Å². The summed E-state index contributed by atoms with van der Waals surface area (Å²) in [4.78, 5) is 36.0. The predicted octanol–water partition coefficient (Wildman–Crippen LogP) is -0.742. The first-order chi connectivity index (χ1) is 7.56. The van der Waals surface area contributed by atoms with Gasteiger partial charge in [0, 0.05) is 20.0 Å².